The van der Waals surface area contributed by atoms with Crippen molar-refractivity contribution >= 4 is 102 Å². The van der Waals surface area contributed by atoms with E-state index in [-0.39, 0.29) is 164 Å². The maximum atomic E-state index is 17.0. The summed E-state index contributed by atoms with van der Waals surface area (Å²) in [5.74, 6) is -2.31. The molecule has 35 heteroatoms. The number of ether oxygens (including phenoxy) is 3. The molecule has 31 nitrogen and oxygen atoms in total. The van der Waals surface area contributed by atoms with Crippen LogP contribution in [-0.4, -0.2) is 208 Å². The Labute approximate surface area is 764 Å². The second-order valence-electron chi connectivity index (χ2n) is 34.6. The van der Waals surface area contributed by atoms with Gasteiger partial charge in [0.2, 0.25) is 17.7 Å². The van der Waals surface area contributed by atoms with Crippen molar-refractivity contribution in [2.75, 3.05) is 93.4 Å². The predicted octanol–water partition coefficient (Wildman–Crippen LogP) is 14.2. The maximum absolute atomic E-state index is 17.0. The lowest BCUT2D eigenvalue weighted by atomic mass is 9.99. The van der Waals surface area contributed by atoms with Crippen molar-refractivity contribution in [1.29, 1.82) is 0 Å². The van der Waals surface area contributed by atoms with Crippen molar-refractivity contribution in [3.8, 4) is 79.6 Å². The molecule has 0 bridgehead atoms. The van der Waals surface area contributed by atoms with Crippen LogP contribution in [-0.2, 0) is 14.4 Å². The number of piperazine rings is 3. The van der Waals surface area contributed by atoms with E-state index in [9.17, 15) is 39.0 Å². The summed E-state index contributed by atoms with van der Waals surface area (Å²) in [6.45, 7) is 34.1. The fraction of sp³-hybridized carbons (Fsp3) is 0.306. The number of benzene rings is 4. The van der Waals surface area contributed by atoms with E-state index in [4.69, 9.17) is 40.8 Å². The first-order chi connectivity index (χ1) is 64.0. The summed E-state index contributed by atoms with van der Waals surface area (Å²) in [6.07, 6.45) is 11.5. The largest absolute Gasteiger partial charge is 0.508 e. The normalized spacial score (nSPS) is 16.3. The molecule has 0 aliphatic carbocycles. The molecule has 3 fully saturated rings. The van der Waals surface area contributed by atoms with Crippen LogP contribution >= 0.6 is 11.6 Å². The minimum atomic E-state index is -0.738. The number of carbonyl (C=O) groups is 3. The second-order valence-corrected chi connectivity index (χ2v) is 35.0. The van der Waals surface area contributed by atoms with Gasteiger partial charge in [-0.1, -0.05) is 109 Å². The van der Waals surface area contributed by atoms with E-state index >= 15 is 13.2 Å². The van der Waals surface area contributed by atoms with Gasteiger partial charge in [0.1, 0.15) is 79.6 Å². The number of nitrogens with zero attached hydrogens (tertiary/aromatic N) is 19. The summed E-state index contributed by atoms with van der Waals surface area (Å²) < 4.78 is 72.2. The van der Waals surface area contributed by atoms with E-state index in [1.54, 1.807) is 51.6 Å². The molecule has 16 heterocycles. The van der Waals surface area contributed by atoms with Crippen molar-refractivity contribution in [1.82, 2.24) is 83.5 Å². The molecule has 20 rings (SSSR count). The van der Waals surface area contributed by atoms with Gasteiger partial charge in [-0.25, -0.2) is 56.2 Å². The summed E-state index contributed by atoms with van der Waals surface area (Å²) in [7, 11) is 0. The van der Waals surface area contributed by atoms with Crippen molar-refractivity contribution in [3.05, 3.63) is 241 Å². The summed E-state index contributed by atoms with van der Waals surface area (Å²) in [6, 6.07) is 22.7. The average Bonchev–Trinajstić information content (AvgIpc) is 1.70. The quantitative estimate of drug-likeness (QED) is 0.0956. The molecular formula is C98H94ClF3N20O11. The highest BCUT2D eigenvalue weighted by Crippen LogP contribution is 2.50. The number of aromatic amines is 1. The number of rotatable bonds is 12. The Bertz CT molecular complexity index is 7400. The molecule has 133 heavy (non-hydrogen) atoms. The standard InChI is InChI=1S/C35H33FN6O4.C32H31FN8O3.C31H30ClFN6O4/c1-5-26(44)40-13-14-41-22(18-40)11-15-46-32-27-33(41)39-35(45)42(31-20(4)10-12-37-29(31)19(2)3)34(27)38-30(28(32)36)25-17-23(43)16-21-8-6-7-9-24(21)25;1-6-22(42)39-11-12-40-19(14-39)15-44-29-24-30(40)37-32(43)41(28-18(5)9-10-34-26(28)16(2)3)31(24)36-27(25(29)33)23-17(4)7-8-21-20(23)13-35-38-21;1-5-21(41)37-12-13-38-18(15-37)10-14-43-28-23-29(38)36-31(42)39(27-17(4)9-11-34-25(27)16(2)3)30(23)35-26(24(28)32)22-19(33)7-6-8-20(22)40/h5-10,12,16-17,19,22,43H,1,11,13-15,18H2,2-4H3;6-10,13,16,19H,1,11-12,14-15H2,2-5H3,(H,35,38);5-9,11,16,18,40H,1,10,12-15H2,2-4H3. The smallest absolute Gasteiger partial charge is 0.355 e. The molecule has 0 saturated carbocycles. The van der Waals surface area contributed by atoms with E-state index in [0.717, 1.165) is 27.8 Å². The molecule has 14 aromatic rings. The van der Waals surface area contributed by atoms with Gasteiger partial charge in [-0.15, -0.1) is 0 Å². The summed E-state index contributed by atoms with van der Waals surface area (Å²) in [4.78, 5) is 133. The number of hydrogen-bond donors (Lipinski definition) is 3. The maximum Gasteiger partial charge on any atom is 0.355 e. The molecule has 680 valence electrons. The molecule has 0 spiro atoms. The number of aromatic nitrogens is 14. The number of phenolic OH excluding ortho intramolecular Hbond substituents is 2. The van der Waals surface area contributed by atoms with Gasteiger partial charge in [0, 0.05) is 107 Å². The molecule has 0 radical (unpaired) electrons. The minimum absolute atomic E-state index is 0.0212. The number of halogens is 4. The third kappa shape index (κ3) is 15.4. The minimum Gasteiger partial charge on any atom is -0.508 e. The molecule has 3 saturated heterocycles. The van der Waals surface area contributed by atoms with Crippen molar-refractivity contribution in [2.45, 2.75) is 118 Å². The molecular weight excluding hydrogens is 1730 g/mol. The molecule has 10 aromatic heterocycles. The zero-order valence-corrected chi connectivity index (χ0v) is 75.4. The van der Waals surface area contributed by atoms with Crippen molar-refractivity contribution in [2.24, 2.45) is 0 Å². The number of carbonyl (C=O) groups excluding carboxylic acids is 3. The first kappa shape index (κ1) is 88.7. The van der Waals surface area contributed by atoms with Gasteiger partial charge in [0.15, 0.2) is 45.8 Å². The van der Waals surface area contributed by atoms with Crippen LogP contribution < -0.4 is 46.0 Å². The van der Waals surface area contributed by atoms with Crippen LogP contribution in [0.15, 0.2) is 162 Å². The highest BCUT2D eigenvalue weighted by molar-refractivity contribution is 6.36. The van der Waals surface area contributed by atoms with Gasteiger partial charge in [-0.05, 0) is 145 Å². The third-order valence-electron chi connectivity index (χ3n) is 25.4. The van der Waals surface area contributed by atoms with Crippen LogP contribution in [0.25, 0.3) is 106 Å². The fourth-order valence-electron chi connectivity index (χ4n) is 19.0. The number of aryl methyl sites for hydroxylation is 4. The van der Waals surface area contributed by atoms with Crippen LogP contribution in [0.3, 0.4) is 0 Å². The number of aromatic hydroxyl groups is 2. The SMILES string of the molecule is C=CC(=O)N1CCN2c3nc(=O)n(-c4c(C)ccnc4C(C)C)c4nc(-c5c(C)ccc6[nH]ncc56)c(F)c(c34)OCC2C1.C=CC(=O)N1CCN2c3nc(=O)n(-c4c(C)ccnc4C(C)C)c4nc(-c5c(O)cccc5F)c(Cl)c(c34)OCCC2C1.C=CC(=O)N1CCN2c3nc(=O)n(-c4c(C)ccnc4C(C)C)c4nc(-c5cc(O)cc6ccccc56)c(F)c(c34)OCCC2C1. The van der Waals surface area contributed by atoms with Gasteiger partial charge in [0.05, 0.1) is 82.8 Å². The van der Waals surface area contributed by atoms with Crippen LogP contribution in [0.4, 0.5) is 30.6 Å². The zero-order valence-electron chi connectivity index (χ0n) is 74.7. The van der Waals surface area contributed by atoms with Crippen LogP contribution in [0.1, 0.15) is 111 Å². The third-order valence-corrected chi connectivity index (χ3v) is 25.8. The second kappa shape index (κ2) is 35.4. The first-order valence-corrected chi connectivity index (χ1v) is 44.3. The van der Waals surface area contributed by atoms with Gasteiger partial charge in [0.25, 0.3) is 0 Å². The highest BCUT2D eigenvalue weighted by atomic mass is 35.5. The lowest BCUT2D eigenvalue weighted by Crippen LogP contribution is -2.56. The van der Waals surface area contributed by atoms with E-state index < -0.39 is 34.5 Å². The van der Waals surface area contributed by atoms with Crippen molar-refractivity contribution < 1.29 is 52.0 Å². The van der Waals surface area contributed by atoms with E-state index in [1.807, 2.05) is 132 Å². The molecule has 3 unspecified atom stereocenters. The van der Waals surface area contributed by atoms with E-state index in [1.165, 1.54) is 56.2 Å². The van der Waals surface area contributed by atoms with Crippen LogP contribution in [0.2, 0.25) is 5.02 Å². The average molecular weight is 1820 g/mol. The Hall–Kier alpha value is -15.0. The zero-order chi connectivity index (χ0) is 93.7. The number of amides is 3. The summed E-state index contributed by atoms with van der Waals surface area (Å²) >= 11 is 6.93. The van der Waals surface area contributed by atoms with Crippen LogP contribution in [0, 0.1) is 45.1 Å². The lowest BCUT2D eigenvalue weighted by molar-refractivity contribution is -0.127. The van der Waals surface area contributed by atoms with Gasteiger partial charge >= 0.3 is 17.1 Å². The monoisotopic (exact) mass is 1820 g/mol. The Morgan fingerprint density at radius 1 is 0.496 bits per heavy atom. The lowest BCUT2D eigenvalue weighted by Gasteiger charge is -2.43. The number of pyridine rings is 6. The number of H-pyrrole nitrogens is 1. The van der Waals surface area contributed by atoms with Crippen molar-refractivity contribution in [3.63, 3.8) is 0 Å². The van der Waals surface area contributed by atoms with Gasteiger partial charge in [-0.2, -0.15) is 20.1 Å². The Morgan fingerprint density at radius 2 is 0.940 bits per heavy atom. The first-order valence-electron chi connectivity index (χ1n) is 43.9. The van der Waals surface area contributed by atoms with Gasteiger partial charge in [-0.3, -0.25) is 34.4 Å². The van der Waals surface area contributed by atoms with Crippen LogP contribution in [0.5, 0.6) is 28.7 Å². The topological polar surface area (TPSA) is 349 Å². The Balaban J connectivity index is 0.000000134. The Morgan fingerprint density at radius 3 is 1.43 bits per heavy atom. The number of phenols is 2. The predicted molar refractivity (Wildman–Crippen MR) is 501 cm³/mol. The Kier molecular flexibility index (Phi) is 23.6. The number of anilines is 3. The number of hydrogen-bond acceptors (Lipinski definition) is 24. The molecule has 3 amide bonds. The molecule has 6 aliphatic rings. The summed E-state index contributed by atoms with van der Waals surface area (Å²) in [5.41, 5.74) is 6.76. The highest BCUT2D eigenvalue weighted by Gasteiger charge is 2.43. The number of nitrogens with one attached hydrogen (secondary N) is 1. The molecule has 4 aromatic carbocycles. The molecule has 6 aliphatic heterocycles. The molecule has 3 atom stereocenters. The van der Waals surface area contributed by atoms with E-state index in [2.05, 4.69) is 59.8 Å². The van der Waals surface area contributed by atoms with E-state index in [0.29, 0.717) is 150 Å². The summed E-state index contributed by atoms with van der Waals surface area (Å²) in [5, 5.41) is 31.5. The molecule has 3 N–H and O–H groups in total. The van der Waals surface area contributed by atoms with Gasteiger partial charge < -0.3 is 53.8 Å². The number of fused-ring (bicyclic) bond motifs is 8. The fourth-order valence-corrected chi connectivity index (χ4v) is 19.3.